The van der Waals surface area contributed by atoms with Crippen molar-refractivity contribution in [1.29, 1.82) is 0 Å². The summed E-state index contributed by atoms with van der Waals surface area (Å²) >= 11 is 0. The minimum atomic E-state index is 0.435. The van der Waals surface area contributed by atoms with Gasteiger partial charge in [0.1, 0.15) is 0 Å². The van der Waals surface area contributed by atoms with E-state index in [-0.39, 0.29) is 0 Å². The summed E-state index contributed by atoms with van der Waals surface area (Å²) in [5.74, 6) is 0.735. The van der Waals surface area contributed by atoms with Crippen molar-refractivity contribution in [1.82, 2.24) is 5.32 Å². The fraction of sp³-hybridized carbons (Fsp3) is 1.00. The van der Waals surface area contributed by atoms with Crippen molar-refractivity contribution >= 4 is 0 Å². The lowest BCUT2D eigenvalue weighted by Gasteiger charge is -2.32. The Hall–Kier alpha value is -0.0800. The lowest BCUT2D eigenvalue weighted by atomic mass is 9.79. The Balaban J connectivity index is 3.99. The first kappa shape index (κ1) is 14.9. The van der Waals surface area contributed by atoms with Crippen molar-refractivity contribution in [2.45, 2.75) is 47.0 Å². The van der Waals surface area contributed by atoms with Gasteiger partial charge in [0.2, 0.25) is 0 Å². The molecule has 0 spiro atoms. The molecule has 0 aromatic heterocycles. The highest BCUT2D eigenvalue weighted by Gasteiger charge is 2.25. The van der Waals surface area contributed by atoms with Gasteiger partial charge in [-0.2, -0.15) is 0 Å². The molecule has 0 heterocycles. The van der Waals surface area contributed by atoms with Crippen LogP contribution in [0.2, 0.25) is 0 Å². The summed E-state index contributed by atoms with van der Waals surface area (Å²) < 4.78 is 5.20. The molecule has 1 N–H and O–H groups in total. The SMILES string of the molecule is CCC(CC)(CCOC)CNCC(C)C. The van der Waals surface area contributed by atoms with Crippen LogP contribution in [0.5, 0.6) is 0 Å². The van der Waals surface area contributed by atoms with E-state index in [0.717, 1.165) is 25.6 Å². The summed E-state index contributed by atoms with van der Waals surface area (Å²) in [6, 6.07) is 0. The molecule has 0 amide bonds. The van der Waals surface area contributed by atoms with Crippen LogP contribution < -0.4 is 5.32 Å². The average Bonchev–Trinajstić information content (AvgIpc) is 2.23. The molecule has 15 heavy (non-hydrogen) atoms. The predicted octanol–water partition coefficient (Wildman–Crippen LogP) is 3.07. The zero-order chi connectivity index (χ0) is 11.7. The van der Waals surface area contributed by atoms with Gasteiger partial charge in [0.15, 0.2) is 0 Å². The first-order valence-corrected chi connectivity index (χ1v) is 6.30. The molecule has 0 aromatic rings. The van der Waals surface area contributed by atoms with Crippen molar-refractivity contribution in [3.8, 4) is 0 Å². The summed E-state index contributed by atoms with van der Waals surface area (Å²) in [4.78, 5) is 0. The molecule has 0 aliphatic carbocycles. The molecular formula is C13H29NO. The number of nitrogens with one attached hydrogen (secondary N) is 1. The Morgan fingerprint density at radius 1 is 1.20 bits per heavy atom. The van der Waals surface area contributed by atoms with E-state index in [1.54, 1.807) is 7.11 Å². The first-order chi connectivity index (χ1) is 7.10. The highest BCUT2D eigenvalue weighted by molar-refractivity contribution is 4.79. The fourth-order valence-corrected chi connectivity index (χ4v) is 1.89. The van der Waals surface area contributed by atoms with E-state index < -0.39 is 0 Å². The van der Waals surface area contributed by atoms with E-state index in [4.69, 9.17) is 4.74 Å². The zero-order valence-corrected chi connectivity index (χ0v) is 11.2. The Labute approximate surface area is 95.8 Å². The molecule has 2 heteroatoms. The number of hydrogen-bond donors (Lipinski definition) is 1. The van der Waals surface area contributed by atoms with Crippen LogP contribution in [-0.4, -0.2) is 26.8 Å². The van der Waals surface area contributed by atoms with Gasteiger partial charge in [-0.15, -0.1) is 0 Å². The standard InChI is InChI=1S/C13H29NO/c1-6-13(7-2,8-9-15-5)11-14-10-12(3)4/h12,14H,6-11H2,1-5H3. The average molecular weight is 215 g/mol. The molecular weight excluding hydrogens is 186 g/mol. The van der Waals surface area contributed by atoms with Crippen LogP contribution >= 0.6 is 0 Å². The van der Waals surface area contributed by atoms with Crippen LogP contribution in [0.1, 0.15) is 47.0 Å². The Morgan fingerprint density at radius 2 is 1.80 bits per heavy atom. The van der Waals surface area contributed by atoms with Crippen molar-refractivity contribution in [2.75, 3.05) is 26.8 Å². The van der Waals surface area contributed by atoms with E-state index in [9.17, 15) is 0 Å². The van der Waals surface area contributed by atoms with E-state index in [0.29, 0.717) is 5.41 Å². The van der Waals surface area contributed by atoms with Gasteiger partial charge in [0.25, 0.3) is 0 Å². The highest BCUT2D eigenvalue weighted by atomic mass is 16.5. The third kappa shape index (κ3) is 6.16. The largest absolute Gasteiger partial charge is 0.385 e. The van der Waals surface area contributed by atoms with Crippen molar-refractivity contribution in [3.63, 3.8) is 0 Å². The maximum absolute atomic E-state index is 5.20. The second-order valence-electron chi connectivity index (χ2n) is 4.97. The van der Waals surface area contributed by atoms with Crippen LogP contribution in [0.15, 0.2) is 0 Å². The zero-order valence-electron chi connectivity index (χ0n) is 11.2. The smallest absolute Gasteiger partial charge is 0.0468 e. The van der Waals surface area contributed by atoms with Crippen LogP contribution in [0, 0.1) is 11.3 Å². The molecule has 0 saturated heterocycles. The summed E-state index contributed by atoms with van der Waals surface area (Å²) in [6.45, 7) is 12.2. The van der Waals surface area contributed by atoms with Gasteiger partial charge in [-0.25, -0.2) is 0 Å². The highest BCUT2D eigenvalue weighted by Crippen LogP contribution is 2.29. The minimum absolute atomic E-state index is 0.435. The quantitative estimate of drug-likeness (QED) is 0.638. The molecule has 0 fully saturated rings. The van der Waals surface area contributed by atoms with Crippen LogP contribution in [0.3, 0.4) is 0 Å². The molecule has 0 aliphatic rings. The van der Waals surface area contributed by atoms with E-state index in [2.05, 4.69) is 33.0 Å². The van der Waals surface area contributed by atoms with Gasteiger partial charge >= 0.3 is 0 Å². The van der Waals surface area contributed by atoms with Crippen LogP contribution in [0.4, 0.5) is 0 Å². The van der Waals surface area contributed by atoms with E-state index in [1.807, 2.05) is 0 Å². The summed E-state index contributed by atoms with van der Waals surface area (Å²) in [6.07, 6.45) is 3.64. The topological polar surface area (TPSA) is 21.3 Å². The molecule has 0 atom stereocenters. The third-order valence-electron chi connectivity index (χ3n) is 3.39. The van der Waals surface area contributed by atoms with E-state index >= 15 is 0 Å². The summed E-state index contributed by atoms with van der Waals surface area (Å²) in [5.41, 5.74) is 0.435. The molecule has 2 nitrogen and oxygen atoms in total. The molecule has 0 bridgehead atoms. The minimum Gasteiger partial charge on any atom is -0.385 e. The van der Waals surface area contributed by atoms with Gasteiger partial charge in [-0.05, 0) is 37.1 Å². The number of rotatable bonds is 9. The van der Waals surface area contributed by atoms with Crippen molar-refractivity contribution in [2.24, 2.45) is 11.3 Å². The molecule has 0 radical (unpaired) electrons. The Kier molecular flexibility index (Phi) is 8.07. The fourth-order valence-electron chi connectivity index (χ4n) is 1.89. The van der Waals surface area contributed by atoms with Crippen molar-refractivity contribution in [3.05, 3.63) is 0 Å². The third-order valence-corrected chi connectivity index (χ3v) is 3.39. The Bertz CT molecular complexity index is 141. The molecule has 0 saturated carbocycles. The summed E-state index contributed by atoms with van der Waals surface area (Å²) in [5, 5.41) is 3.58. The van der Waals surface area contributed by atoms with Crippen LogP contribution in [-0.2, 0) is 4.74 Å². The number of methoxy groups -OCH3 is 1. The number of hydrogen-bond acceptors (Lipinski definition) is 2. The second-order valence-corrected chi connectivity index (χ2v) is 4.97. The van der Waals surface area contributed by atoms with Crippen molar-refractivity contribution < 1.29 is 4.74 Å². The maximum atomic E-state index is 5.20. The first-order valence-electron chi connectivity index (χ1n) is 6.30. The van der Waals surface area contributed by atoms with Gasteiger partial charge in [0, 0.05) is 20.3 Å². The number of ether oxygens (including phenoxy) is 1. The van der Waals surface area contributed by atoms with Gasteiger partial charge in [-0.1, -0.05) is 27.7 Å². The maximum Gasteiger partial charge on any atom is 0.0468 e. The van der Waals surface area contributed by atoms with Gasteiger partial charge < -0.3 is 10.1 Å². The molecule has 0 aromatic carbocycles. The van der Waals surface area contributed by atoms with E-state index in [1.165, 1.54) is 19.3 Å². The summed E-state index contributed by atoms with van der Waals surface area (Å²) in [7, 11) is 1.79. The lowest BCUT2D eigenvalue weighted by molar-refractivity contribution is 0.125. The molecule has 0 unspecified atom stereocenters. The molecule has 92 valence electrons. The van der Waals surface area contributed by atoms with Gasteiger partial charge in [-0.3, -0.25) is 0 Å². The normalized spacial score (nSPS) is 12.4. The monoisotopic (exact) mass is 215 g/mol. The second kappa shape index (κ2) is 8.12. The van der Waals surface area contributed by atoms with Gasteiger partial charge in [0.05, 0.1) is 0 Å². The molecule has 0 aliphatic heterocycles. The molecule has 0 rings (SSSR count). The predicted molar refractivity (Wildman–Crippen MR) is 67.2 cm³/mol. The Morgan fingerprint density at radius 3 is 2.20 bits per heavy atom. The lowest BCUT2D eigenvalue weighted by Crippen LogP contribution is -2.36. The van der Waals surface area contributed by atoms with Crippen LogP contribution in [0.25, 0.3) is 0 Å².